The van der Waals surface area contributed by atoms with Crippen LogP contribution < -0.4 is 10.6 Å². The maximum absolute atomic E-state index is 11.6. The first-order chi connectivity index (χ1) is 8.09. The van der Waals surface area contributed by atoms with Gasteiger partial charge in [-0.15, -0.1) is 0 Å². The minimum atomic E-state index is -0.802. The first-order valence-electron chi connectivity index (χ1n) is 6.44. The van der Waals surface area contributed by atoms with Gasteiger partial charge in [0.2, 0.25) is 0 Å². The number of hydrogen-bond acceptors (Lipinski definition) is 3. The van der Waals surface area contributed by atoms with E-state index in [2.05, 4.69) is 10.6 Å². The third-order valence-electron chi connectivity index (χ3n) is 3.32. The van der Waals surface area contributed by atoms with Crippen LogP contribution in [0.15, 0.2) is 0 Å². The van der Waals surface area contributed by atoms with Crippen molar-refractivity contribution in [1.82, 2.24) is 10.6 Å². The van der Waals surface area contributed by atoms with E-state index in [0.717, 1.165) is 12.8 Å². The second-order valence-corrected chi connectivity index (χ2v) is 4.68. The molecular formula is C12H24N2O3. The fourth-order valence-electron chi connectivity index (χ4n) is 1.90. The van der Waals surface area contributed by atoms with Gasteiger partial charge < -0.3 is 20.5 Å². The number of hydrogen-bond donors (Lipinski definition) is 3. The Morgan fingerprint density at radius 3 is 2.47 bits per heavy atom. The second kappa shape index (κ2) is 6.81. The highest BCUT2D eigenvalue weighted by atomic mass is 16.5. The maximum Gasteiger partial charge on any atom is 0.315 e. The molecule has 1 saturated heterocycles. The third-order valence-corrected chi connectivity index (χ3v) is 3.32. The first kappa shape index (κ1) is 14.3. The smallest absolute Gasteiger partial charge is 0.315 e. The molecule has 0 atom stereocenters. The number of aliphatic hydroxyl groups is 1. The topological polar surface area (TPSA) is 70.6 Å². The summed E-state index contributed by atoms with van der Waals surface area (Å²) in [5.41, 5.74) is -0.802. The Morgan fingerprint density at radius 2 is 1.94 bits per heavy atom. The standard InChI is InChI=1S/C12H24N2O3/c1-3-10(4-2)14-11(15)13-9-12(16)5-7-17-8-6-12/h10,16H,3-9H2,1-2H3,(H2,13,14,15). The normalized spacial score (nSPS) is 19.1. The average molecular weight is 244 g/mol. The van der Waals surface area contributed by atoms with E-state index in [0.29, 0.717) is 32.6 Å². The lowest BCUT2D eigenvalue weighted by Gasteiger charge is -2.32. The molecule has 1 aliphatic rings. The summed E-state index contributed by atoms with van der Waals surface area (Å²) in [6.45, 7) is 5.50. The maximum atomic E-state index is 11.6. The second-order valence-electron chi connectivity index (χ2n) is 4.68. The SMILES string of the molecule is CCC(CC)NC(=O)NCC1(O)CCOCC1. The molecule has 3 N–H and O–H groups in total. The molecule has 5 nitrogen and oxygen atoms in total. The summed E-state index contributed by atoms with van der Waals surface area (Å²) >= 11 is 0. The van der Waals surface area contributed by atoms with E-state index in [-0.39, 0.29) is 12.1 Å². The van der Waals surface area contributed by atoms with Gasteiger partial charge in [-0.05, 0) is 12.8 Å². The molecule has 100 valence electrons. The molecule has 5 heteroatoms. The summed E-state index contributed by atoms with van der Waals surface area (Å²) in [5.74, 6) is 0. The number of ether oxygens (including phenoxy) is 1. The third kappa shape index (κ3) is 4.91. The first-order valence-corrected chi connectivity index (χ1v) is 6.44. The minimum Gasteiger partial charge on any atom is -0.388 e. The number of rotatable bonds is 5. The molecule has 0 aromatic rings. The number of urea groups is 1. The summed E-state index contributed by atoms with van der Waals surface area (Å²) in [4.78, 5) is 11.6. The Hall–Kier alpha value is -0.810. The zero-order chi connectivity index (χ0) is 12.7. The van der Waals surface area contributed by atoms with Crippen LogP contribution in [0.5, 0.6) is 0 Å². The van der Waals surface area contributed by atoms with Gasteiger partial charge in [0, 0.05) is 38.6 Å². The van der Waals surface area contributed by atoms with E-state index in [1.807, 2.05) is 13.8 Å². The molecule has 0 aliphatic carbocycles. The van der Waals surface area contributed by atoms with Gasteiger partial charge in [0.25, 0.3) is 0 Å². The van der Waals surface area contributed by atoms with Crippen molar-refractivity contribution >= 4 is 6.03 Å². The van der Waals surface area contributed by atoms with Gasteiger partial charge in [-0.1, -0.05) is 13.8 Å². The Bertz CT molecular complexity index is 236. The Kier molecular flexibility index (Phi) is 5.71. The predicted molar refractivity (Wildman–Crippen MR) is 65.9 cm³/mol. The summed E-state index contributed by atoms with van der Waals surface area (Å²) in [7, 11) is 0. The molecule has 1 aliphatic heterocycles. The molecule has 0 saturated carbocycles. The summed E-state index contributed by atoms with van der Waals surface area (Å²) in [5, 5.41) is 15.8. The number of nitrogens with one attached hydrogen (secondary N) is 2. The Balaban J connectivity index is 2.27. The van der Waals surface area contributed by atoms with Crippen molar-refractivity contribution in [3.05, 3.63) is 0 Å². The number of carbonyl (C=O) groups is 1. The van der Waals surface area contributed by atoms with Crippen molar-refractivity contribution in [2.45, 2.75) is 51.2 Å². The van der Waals surface area contributed by atoms with Gasteiger partial charge in [-0.3, -0.25) is 0 Å². The lowest BCUT2D eigenvalue weighted by Crippen LogP contribution is -2.50. The van der Waals surface area contributed by atoms with Crippen molar-refractivity contribution in [3.63, 3.8) is 0 Å². The van der Waals surface area contributed by atoms with Crippen LogP contribution in [-0.4, -0.2) is 42.5 Å². The van der Waals surface area contributed by atoms with Gasteiger partial charge >= 0.3 is 6.03 Å². The monoisotopic (exact) mass is 244 g/mol. The molecule has 0 unspecified atom stereocenters. The van der Waals surface area contributed by atoms with Gasteiger partial charge in [0.1, 0.15) is 0 Å². The molecule has 1 fully saturated rings. The zero-order valence-electron chi connectivity index (χ0n) is 10.8. The highest BCUT2D eigenvalue weighted by Gasteiger charge is 2.30. The molecular weight excluding hydrogens is 220 g/mol. The van der Waals surface area contributed by atoms with Gasteiger partial charge in [-0.2, -0.15) is 0 Å². The van der Waals surface area contributed by atoms with Crippen molar-refractivity contribution in [3.8, 4) is 0 Å². The highest BCUT2D eigenvalue weighted by molar-refractivity contribution is 5.74. The fourth-order valence-corrected chi connectivity index (χ4v) is 1.90. The van der Waals surface area contributed by atoms with Crippen molar-refractivity contribution in [2.75, 3.05) is 19.8 Å². The van der Waals surface area contributed by atoms with Crippen LogP contribution in [0.3, 0.4) is 0 Å². The quantitative estimate of drug-likeness (QED) is 0.676. The molecule has 0 bridgehead atoms. The van der Waals surface area contributed by atoms with Crippen LogP contribution in [0.1, 0.15) is 39.5 Å². The van der Waals surface area contributed by atoms with Crippen molar-refractivity contribution < 1.29 is 14.6 Å². The Labute approximate surface area is 103 Å². The molecule has 2 amide bonds. The molecule has 0 spiro atoms. The van der Waals surface area contributed by atoms with Crippen LogP contribution >= 0.6 is 0 Å². The highest BCUT2D eigenvalue weighted by Crippen LogP contribution is 2.19. The van der Waals surface area contributed by atoms with Crippen LogP contribution in [0, 0.1) is 0 Å². The molecule has 0 aromatic heterocycles. The molecule has 1 rings (SSSR count). The summed E-state index contributed by atoms with van der Waals surface area (Å²) in [6.07, 6.45) is 3.00. The van der Waals surface area contributed by atoms with Crippen LogP contribution in [0.25, 0.3) is 0 Å². The molecule has 1 heterocycles. The van der Waals surface area contributed by atoms with Crippen molar-refractivity contribution in [1.29, 1.82) is 0 Å². The lowest BCUT2D eigenvalue weighted by molar-refractivity contribution is -0.0600. The Morgan fingerprint density at radius 1 is 1.35 bits per heavy atom. The molecule has 0 radical (unpaired) electrons. The van der Waals surface area contributed by atoms with Crippen molar-refractivity contribution in [2.24, 2.45) is 0 Å². The molecule has 17 heavy (non-hydrogen) atoms. The van der Waals surface area contributed by atoms with Crippen LogP contribution in [-0.2, 0) is 4.74 Å². The van der Waals surface area contributed by atoms with Gasteiger partial charge in [0.15, 0.2) is 0 Å². The van der Waals surface area contributed by atoms with E-state index < -0.39 is 5.60 Å². The van der Waals surface area contributed by atoms with E-state index in [9.17, 15) is 9.90 Å². The predicted octanol–water partition coefficient (Wildman–Crippen LogP) is 1.02. The largest absolute Gasteiger partial charge is 0.388 e. The van der Waals surface area contributed by atoms with E-state index >= 15 is 0 Å². The lowest BCUT2D eigenvalue weighted by atomic mass is 9.94. The van der Waals surface area contributed by atoms with Gasteiger partial charge in [-0.25, -0.2) is 4.79 Å². The zero-order valence-corrected chi connectivity index (χ0v) is 10.8. The summed E-state index contributed by atoms with van der Waals surface area (Å²) in [6, 6.07) is 0.0120. The van der Waals surface area contributed by atoms with Crippen LogP contribution in [0.2, 0.25) is 0 Å². The van der Waals surface area contributed by atoms with Crippen LogP contribution in [0.4, 0.5) is 4.79 Å². The fraction of sp³-hybridized carbons (Fsp3) is 0.917. The van der Waals surface area contributed by atoms with E-state index in [1.165, 1.54) is 0 Å². The number of amides is 2. The average Bonchev–Trinajstić information content (AvgIpc) is 2.34. The molecule has 0 aromatic carbocycles. The number of carbonyl (C=O) groups excluding carboxylic acids is 1. The van der Waals surface area contributed by atoms with Gasteiger partial charge in [0.05, 0.1) is 5.60 Å². The summed E-state index contributed by atoms with van der Waals surface area (Å²) < 4.78 is 5.18. The minimum absolute atomic E-state index is 0.196. The van der Waals surface area contributed by atoms with E-state index in [4.69, 9.17) is 4.74 Å². The van der Waals surface area contributed by atoms with E-state index in [1.54, 1.807) is 0 Å².